The molecule has 3 atom stereocenters. The molecule has 2 aliphatic carbocycles. The highest BCUT2D eigenvalue weighted by atomic mass is 16.5. The van der Waals surface area contributed by atoms with Gasteiger partial charge in [-0.3, -0.25) is 4.79 Å². The first-order valence-corrected chi connectivity index (χ1v) is 11.1. The molecule has 1 aliphatic heterocycles. The summed E-state index contributed by atoms with van der Waals surface area (Å²) in [7, 11) is 4.12. The highest BCUT2D eigenvalue weighted by Gasteiger charge is 2.53. The molecule has 0 amide bonds. The van der Waals surface area contributed by atoms with Crippen LogP contribution in [0, 0.1) is 5.92 Å². The molecule has 4 rings (SSSR count). The van der Waals surface area contributed by atoms with Crippen molar-refractivity contribution in [3.05, 3.63) is 29.3 Å². The van der Waals surface area contributed by atoms with Crippen molar-refractivity contribution >= 4 is 5.97 Å². The number of piperidine rings is 1. The minimum atomic E-state index is -0.682. The van der Waals surface area contributed by atoms with Gasteiger partial charge in [0.1, 0.15) is 5.75 Å². The van der Waals surface area contributed by atoms with Gasteiger partial charge in [-0.1, -0.05) is 38.7 Å². The van der Waals surface area contributed by atoms with Crippen LogP contribution in [0.4, 0.5) is 0 Å². The van der Waals surface area contributed by atoms with E-state index in [1.54, 1.807) is 18.2 Å². The third-order valence-electron chi connectivity index (χ3n) is 7.32. The molecule has 1 saturated heterocycles. The van der Waals surface area contributed by atoms with Gasteiger partial charge in [-0.2, -0.15) is 0 Å². The number of benzene rings is 1. The van der Waals surface area contributed by atoms with E-state index in [9.17, 15) is 4.79 Å². The topological polar surface area (TPSA) is 49.8 Å². The molecule has 4 nitrogen and oxygen atoms in total. The lowest BCUT2D eigenvalue weighted by molar-refractivity contribution is -0.137. The van der Waals surface area contributed by atoms with E-state index in [0.29, 0.717) is 11.8 Å². The molecule has 0 aromatic heterocycles. The van der Waals surface area contributed by atoms with Gasteiger partial charge in [0, 0.05) is 17.9 Å². The molecule has 1 saturated carbocycles. The maximum Gasteiger partial charge on any atom is 0.303 e. The largest absolute Gasteiger partial charge is 0.497 e. The van der Waals surface area contributed by atoms with Crippen LogP contribution in [-0.2, 0) is 16.6 Å². The van der Waals surface area contributed by atoms with Crippen molar-refractivity contribution in [2.45, 2.75) is 82.6 Å². The van der Waals surface area contributed by atoms with Gasteiger partial charge < -0.3 is 14.7 Å². The summed E-state index contributed by atoms with van der Waals surface area (Å²) in [6.07, 6.45) is 11.5. The number of nitrogens with zero attached hydrogens (tertiary/aromatic N) is 1. The van der Waals surface area contributed by atoms with E-state index in [2.05, 4.69) is 37.1 Å². The Labute approximate surface area is 170 Å². The molecule has 4 heteroatoms. The minimum absolute atomic E-state index is 0.327. The zero-order valence-corrected chi connectivity index (χ0v) is 17.9. The number of rotatable bonds is 5. The van der Waals surface area contributed by atoms with E-state index in [4.69, 9.17) is 9.84 Å². The van der Waals surface area contributed by atoms with Crippen LogP contribution in [0.3, 0.4) is 0 Å². The Bertz CT molecular complexity index is 674. The van der Waals surface area contributed by atoms with Gasteiger partial charge in [0.05, 0.1) is 7.11 Å². The van der Waals surface area contributed by atoms with Gasteiger partial charge in [0.2, 0.25) is 0 Å². The number of carboxylic acids is 1. The third kappa shape index (κ3) is 4.22. The number of carboxylic acid groups (broad SMARTS) is 1. The molecule has 2 bridgehead atoms. The number of methoxy groups -OCH3 is 1. The number of hydrogen-bond acceptors (Lipinski definition) is 3. The van der Waals surface area contributed by atoms with Crippen molar-refractivity contribution in [2.75, 3.05) is 20.7 Å². The highest BCUT2D eigenvalue weighted by molar-refractivity contribution is 5.66. The Balaban J connectivity index is 0.000000242. The summed E-state index contributed by atoms with van der Waals surface area (Å²) >= 11 is 0. The molecule has 1 heterocycles. The number of unbranched alkanes of at least 4 members (excludes halogenated alkanes) is 2. The molecule has 3 aliphatic rings. The second-order valence-corrected chi connectivity index (χ2v) is 8.88. The first-order valence-electron chi connectivity index (χ1n) is 11.1. The summed E-state index contributed by atoms with van der Waals surface area (Å²) < 4.78 is 5.51. The zero-order valence-electron chi connectivity index (χ0n) is 17.9. The number of likely N-dealkylation sites (N-methyl/N-ethyl adjacent to an activating group) is 1. The second kappa shape index (κ2) is 9.30. The van der Waals surface area contributed by atoms with Gasteiger partial charge in [-0.05, 0) is 74.9 Å². The molecular formula is C24H37NO3. The molecule has 2 fully saturated rings. The number of aliphatic carboxylic acids is 1. The third-order valence-corrected chi connectivity index (χ3v) is 7.32. The van der Waals surface area contributed by atoms with Crippen molar-refractivity contribution in [1.29, 1.82) is 0 Å². The summed E-state index contributed by atoms with van der Waals surface area (Å²) in [5.41, 5.74) is 3.67. The van der Waals surface area contributed by atoms with Gasteiger partial charge in [-0.15, -0.1) is 0 Å². The van der Waals surface area contributed by atoms with E-state index in [-0.39, 0.29) is 0 Å². The highest BCUT2D eigenvalue weighted by Crippen LogP contribution is 2.55. The lowest BCUT2D eigenvalue weighted by atomic mass is 9.52. The van der Waals surface area contributed by atoms with Crippen LogP contribution in [0.5, 0.6) is 5.75 Å². The number of likely N-dealkylation sites (tertiary alicyclic amines) is 1. The normalized spacial score (nSPS) is 28.4. The standard InChI is InChI=1S/C18H25NO.C6H12O2/c1-19-10-9-18-8-4-3-5-15(18)17(19)11-13-6-7-14(20-2)12-16(13)18;1-2-3-4-5-6(7)8/h6-7,12,15,17H,3-5,8-11H2,1-2H3;2-5H2,1H3,(H,7,8)/t15-,17+,18+;/m1./s1. The maximum absolute atomic E-state index is 9.87. The maximum atomic E-state index is 9.87. The van der Waals surface area contributed by atoms with E-state index in [1.165, 1.54) is 45.1 Å². The Hall–Kier alpha value is -1.55. The Morgan fingerprint density at radius 1 is 1.29 bits per heavy atom. The first-order chi connectivity index (χ1) is 13.5. The monoisotopic (exact) mass is 387 g/mol. The molecule has 0 spiro atoms. The average molecular weight is 388 g/mol. The van der Waals surface area contributed by atoms with Crippen LogP contribution >= 0.6 is 0 Å². The van der Waals surface area contributed by atoms with E-state index in [0.717, 1.165) is 37.0 Å². The number of fused-ring (bicyclic) bond motifs is 1. The van der Waals surface area contributed by atoms with Crippen molar-refractivity contribution in [3.63, 3.8) is 0 Å². The Morgan fingerprint density at radius 3 is 2.82 bits per heavy atom. The molecule has 1 aromatic rings. The smallest absolute Gasteiger partial charge is 0.303 e. The van der Waals surface area contributed by atoms with Crippen LogP contribution in [-0.4, -0.2) is 42.7 Å². The van der Waals surface area contributed by atoms with Gasteiger partial charge in [0.15, 0.2) is 0 Å². The Kier molecular flexibility index (Phi) is 7.03. The molecule has 156 valence electrons. The summed E-state index contributed by atoms with van der Waals surface area (Å²) in [4.78, 5) is 12.5. The van der Waals surface area contributed by atoms with Gasteiger partial charge in [0.25, 0.3) is 0 Å². The van der Waals surface area contributed by atoms with Crippen LogP contribution in [0.2, 0.25) is 0 Å². The quantitative estimate of drug-likeness (QED) is 0.720. The van der Waals surface area contributed by atoms with Crippen molar-refractivity contribution in [1.82, 2.24) is 4.90 Å². The molecule has 1 aromatic carbocycles. The lowest BCUT2D eigenvalue weighted by Crippen LogP contribution is -2.59. The summed E-state index contributed by atoms with van der Waals surface area (Å²) in [6.45, 7) is 3.32. The van der Waals surface area contributed by atoms with Crippen LogP contribution in [0.25, 0.3) is 0 Å². The molecular weight excluding hydrogens is 350 g/mol. The molecule has 0 radical (unpaired) electrons. The number of carbonyl (C=O) groups is 1. The SMILES string of the molecule is CCCCCC(=O)O.COc1ccc2c(c1)[C@]13CCCC[C@@H]1[C@H](C2)N(C)CC3. The van der Waals surface area contributed by atoms with Crippen molar-refractivity contribution < 1.29 is 14.6 Å². The Morgan fingerprint density at radius 2 is 2.11 bits per heavy atom. The van der Waals surface area contributed by atoms with Gasteiger partial charge in [-0.25, -0.2) is 0 Å². The molecule has 28 heavy (non-hydrogen) atoms. The van der Waals surface area contributed by atoms with E-state index < -0.39 is 5.97 Å². The summed E-state index contributed by atoms with van der Waals surface area (Å²) in [6, 6.07) is 7.60. The van der Waals surface area contributed by atoms with Crippen molar-refractivity contribution in [3.8, 4) is 5.75 Å². The van der Waals surface area contributed by atoms with Crippen LogP contribution < -0.4 is 4.74 Å². The van der Waals surface area contributed by atoms with E-state index in [1.807, 2.05) is 0 Å². The van der Waals surface area contributed by atoms with E-state index >= 15 is 0 Å². The average Bonchev–Trinajstić information content (AvgIpc) is 2.71. The van der Waals surface area contributed by atoms with Crippen LogP contribution in [0.15, 0.2) is 18.2 Å². The fourth-order valence-corrected chi connectivity index (χ4v) is 5.83. The lowest BCUT2D eigenvalue weighted by Gasteiger charge is -2.58. The van der Waals surface area contributed by atoms with Crippen LogP contribution in [0.1, 0.15) is 75.8 Å². The molecule has 1 N–H and O–H groups in total. The minimum Gasteiger partial charge on any atom is -0.497 e. The number of hydrogen-bond donors (Lipinski definition) is 1. The fraction of sp³-hybridized carbons (Fsp3) is 0.708. The van der Waals surface area contributed by atoms with Crippen molar-refractivity contribution in [2.24, 2.45) is 5.92 Å². The van der Waals surface area contributed by atoms with Gasteiger partial charge >= 0.3 is 5.97 Å². The predicted molar refractivity (Wildman–Crippen MR) is 113 cm³/mol. The molecule has 0 unspecified atom stereocenters. The fourth-order valence-electron chi connectivity index (χ4n) is 5.83. The summed E-state index contributed by atoms with van der Waals surface area (Å²) in [5, 5.41) is 8.14. The zero-order chi connectivity index (χ0) is 20.1. The second-order valence-electron chi connectivity index (χ2n) is 8.88. The predicted octanol–water partition coefficient (Wildman–Crippen LogP) is 5.03. The first kappa shape index (κ1) is 21.2. The summed E-state index contributed by atoms with van der Waals surface area (Å²) in [5.74, 6) is 1.23. The number of ether oxygens (including phenoxy) is 1.